The Kier molecular flexibility index (Phi) is 2.10. The van der Waals surface area contributed by atoms with Gasteiger partial charge in [0, 0.05) is 0 Å². The molecule has 1 aromatic rings. The van der Waals surface area contributed by atoms with Crippen molar-refractivity contribution in [3.63, 3.8) is 0 Å². The quantitative estimate of drug-likeness (QED) is 0.494. The van der Waals surface area contributed by atoms with Crippen molar-refractivity contribution < 1.29 is 14.7 Å². The molecule has 1 heterocycles. The van der Waals surface area contributed by atoms with E-state index in [1.807, 2.05) is 0 Å². The van der Waals surface area contributed by atoms with Crippen LogP contribution in [-0.4, -0.2) is 27.7 Å². The largest absolute Gasteiger partial charge is 0.462 e. The standard InChI is InChI=1S/C6H8N2O3/c1-2-11-6(9)5-3-7-8(10)4-5/h3-4,10H,2H2,1H3. The van der Waals surface area contributed by atoms with Gasteiger partial charge in [0.1, 0.15) is 5.56 Å². The average molecular weight is 156 g/mol. The topological polar surface area (TPSA) is 64.3 Å². The van der Waals surface area contributed by atoms with Crippen LogP contribution in [0.3, 0.4) is 0 Å². The Balaban J connectivity index is 2.69. The second-order valence-electron chi connectivity index (χ2n) is 1.87. The molecule has 1 rings (SSSR count). The molecule has 0 saturated heterocycles. The van der Waals surface area contributed by atoms with E-state index < -0.39 is 5.97 Å². The summed E-state index contributed by atoms with van der Waals surface area (Å²) in [6, 6.07) is 0. The van der Waals surface area contributed by atoms with E-state index in [-0.39, 0.29) is 5.56 Å². The molecule has 0 aromatic carbocycles. The van der Waals surface area contributed by atoms with Crippen LogP contribution in [0.1, 0.15) is 17.3 Å². The molecule has 0 aliphatic carbocycles. The van der Waals surface area contributed by atoms with Gasteiger partial charge in [-0.15, -0.1) is 9.94 Å². The van der Waals surface area contributed by atoms with Crippen LogP contribution in [-0.2, 0) is 4.74 Å². The van der Waals surface area contributed by atoms with Gasteiger partial charge in [-0.3, -0.25) is 0 Å². The Morgan fingerprint density at radius 3 is 3.09 bits per heavy atom. The van der Waals surface area contributed by atoms with Crippen LogP contribution >= 0.6 is 0 Å². The molecular weight excluding hydrogens is 148 g/mol. The van der Waals surface area contributed by atoms with E-state index in [9.17, 15) is 4.79 Å². The summed E-state index contributed by atoms with van der Waals surface area (Å²) in [5.74, 6) is -0.479. The molecule has 0 aliphatic heterocycles. The minimum Gasteiger partial charge on any atom is -0.462 e. The zero-order valence-electron chi connectivity index (χ0n) is 6.02. The smallest absolute Gasteiger partial charge is 0.341 e. The van der Waals surface area contributed by atoms with Crippen molar-refractivity contribution in [2.45, 2.75) is 6.92 Å². The van der Waals surface area contributed by atoms with E-state index in [1.54, 1.807) is 6.92 Å². The highest BCUT2D eigenvalue weighted by molar-refractivity contribution is 5.88. The second-order valence-corrected chi connectivity index (χ2v) is 1.87. The summed E-state index contributed by atoms with van der Waals surface area (Å²) in [5, 5.41) is 12.1. The Labute approximate surface area is 63.2 Å². The number of ether oxygens (including phenoxy) is 1. The molecule has 0 radical (unpaired) electrons. The highest BCUT2D eigenvalue weighted by Crippen LogP contribution is 1.97. The van der Waals surface area contributed by atoms with Crippen LogP contribution in [0.15, 0.2) is 12.4 Å². The van der Waals surface area contributed by atoms with Crippen molar-refractivity contribution >= 4 is 5.97 Å². The molecular formula is C6H8N2O3. The van der Waals surface area contributed by atoms with Gasteiger partial charge >= 0.3 is 5.97 Å². The van der Waals surface area contributed by atoms with E-state index in [0.29, 0.717) is 11.5 Å². The third-order valence-electron chi connectivity index (χ3n) is 1.08. The van der Waals surface area contributed by atoms with Gasteiger partial charge in [0.15, 0.2) is 0 Å². The van der Waals surface area contributed by atoms with Crippen molar-refractivity contribution in [3.8, 4) is 0 Å². The summed E-state index contributed by atoms with van der Waals surface area (Å²) < 4.78 is 4.64. The van der Waals surface area contributed by atoms with Gasteiger partial charge in [-0.2, -0.15) is 0 Å². The fourth-order valence-electron chi connectivity index (χ4n) is 0.632. The molecule has 0 fully saturated rings. The number of carbonyl (C=O) groups excluding carboxylic acids is 1. The molecule has 1 aromatic heterocycles. The number of hydrogen-bond acceptors (Lipinski definition) is 4. The Morgan fingerprint density at radius 1 is 1.91 bits per heavy atom. The summed E-state index contributed by atoms with van der Waals surface area (Å²) in [6.07, 6.45) is 2.41. The van der Waals surface area contributed by atoms with E-state index in [4.69, 9.17) is 5.21 Å². The van der Waals surface area contributed by atoms with Crippen LogP contribution in [0, 0.1) is 0 Å². The van der Waals surface area contributed by atoms with E-state index >= 15 is 0 Å². The predicted octanol–water partition coefficient (Wildman–Crippen LogP) is 0.297. The summed E-state index contributed by atoms with van der Waals surface area (Å²) in [7, 11) is 0. The molecule has 11 heavy (non-hydrogen) atoms. The lowest BCUT2D eigenvalue weighted by molar-refractivity contribution is 0.0524. The van der Waals surface area contributed by atoms with Crippen molar-refractivity contribution in [3.05, 3.63) is 18.0 Å². The summed E-state index contributed by atoms with van der Waals surface area (Å²) in [6.45, 7) is 2.02. The molecule has 0 saturated carbocycles. The number of nitrogens with zero attached hydrogens (tertiary/aromatic N) is 2. The average Bonchev–Trinajstić information content (AvgIpc) is 2.36. The van der Waals surface area contributed by atoms with E-state index in [0.717, 1.165) is 0 Å². The lowest BCUT2D eigenvalue weighted by Gasteiger charge is -1.95. The fraction of sp³-hybridized carbons (Fsp3) is 0.333. The van der Waals surface area contributed by atoms with Gasteiger partial charge in [-0.05, 0) is 6.92 Å². The molecule has 0 atom stereocenters. The Morgan fingerprint density at radius 2 is 2.64 bits per heavy atom. The first kappa shape index (κ1) is 7.59. The minimum atomic E-state index is -0.479. The molecule has 60 valence electrons. The fourth-order valence-corrected chi connectivity index (χ4v) is 0.632. The third kappa shape index (κ3) is 1.70. The third-order valence-corrected chi connectivity index (χ3v) is 1.08. The zero-order chi connectivity index (χ0) is 8.27. The predicted molar refractivity (Wildman–Crippen MR) is 35.4 cm³/mol. The molecule has 5 heteroatoms. The summed E-state index contributed by atoms with van der Waals surface area (Å²) >= 11 is 0. The second kappa shape index (κ2) is 3.05. The maximum atomic E-state index is 10.9. The van der Waals surface area contributed by atoms with Crippen molar-refractivity contribution in [2.24, 2.45) is 0 Å². The molecule has 0 amide bonds. The molecule has 5 nitrogen and oxygen atoms in total. The summed E-state index contributed by atoms with van der Waals surface area (Å²) in [5.41, 5.74) is 0.245. The van der Waals surface area contributed by atoms with Crippen LogP contribution in [0.4, 0.5) is 0 Å². The molecule has 0 spiro atoms. The minimum absolute atomic E-state index is 0.245. The number of hydrogen-bond donors (Lipinski definition) is 1. The highest BCUT2D eigenvalue weighted by atomic mass is 16.5. The van der Waals surface area contributed by atoms with Crippen LogP contribution < -0.4 is 0 Å². The first-order valence-electron chi connectivity index (χ1n) is 3.15. The van der Waals surface area contributed by atoms with Crippen LogP contribution in [0.25, 0.3) is 0 Å². The van der Waals surface area contributed by atoms with Crippen molar-refractivity contribution in [2.75, 3.05) is 6.61 Å². The van der Waals surface area contributed by atoms with Gasteiger partial charge in [0.05, 0.1) is 19.0 Å². The SMILES string of the molecule is CCOC(=O)c1cnn(O)c1. The zero-order valence-corrected chi connectivity index (χ0v) is 6.02. The van der Waals surface area contributed by atoms with Gasteiger partial charge in [0.25, 0.3) is 0 Å². The van der Waals surface area contributed by atoms with Gasteiger partial charge in [-0.1, -0.05) is 0 Å². The number of esters is 1. The van der Waals surface area contributed by atoms with Gasteiger partial charge in [0.2, 0.25) is 0 Å². The monoisotopic (exact) mass is 156 g/mol. The molecule has 0 bridgehead atoms. The molecule has 0 unspecified atom stereocenters. The highest BCUT2D eigenvalue weighted by Gasteiger charge is 2.07. The van der Waals surface area contributed by atoms with Gasteiger partial charge in [-0.25, -0.2) is 4.79 Å². The first-order chi connectivity index (χ1) is 5.24. The van der Waals surface area contributed by atoms with Crippen molar-refractivity contribution in [1.29, 1.82) is 0 Å². The molecule has 0 aliphatic rings. The number of rotatable bonds is 2. The molecule has 1 N–H and O–H groups in total. The Bertz CT molecular complexity index is 256. The van der Waals surface area contributed by atoms with E-state index in [1.165, 1.54) is 12.4 Å². The lowest BCUT2D eigenvalue weighted by atomic mass is 10.4. The van der Waals surface area contributed by atoms with Crippen LogP contribution in [0.2, 0.25) is 0 Å². The normalized spacial score (nSPS) is 9.55. The first-order valence-corrected chi connectivity index (χ1v) is 3.15. The van der Waals surface area contributed by atoms with Gasteiger partial charge < -0.3 is 9.94 Å². The lowest BCUT2D eigenvalue weighted by Crippen LogP contribution is -2.02. The maximum absolute atomic E-state index is 10.9. The number of aromatic nitrogens is 2. The van der Waals surface area contributed by atoms with Crippen LogP contribution in [0.5, 0.6) is 0 Å². The summed E-state index contributed by atoms with van der Waals surface area (Å²) in [4.78, 5) is 11.4. The Hall–Kier alpha value is -1.52. The van der Waals surface area contributed by atoms with Crippen molar-refractivity contribution in [1.82, 2.24) is 9.94 Å². The van der Waals surface area contributed by atoms with E-state index in [2.05, 4.69) is 9.84 Å². The maximum Gasteiger partial charge on any atom is 0.341 e. The number of carbonyl (C=O) groups is 1.